The first kappa shape index (κ1) is 15.5. The molecule has 0 unspecified atom stereocenters. The second kappa shape index (κ2) is 7.22. The van der Waals surface area contributed by atoms with E-state index in [0.717, 1.165) is 16.9 Å². The van der Waals surface area contributed by atoms with E-state index < -0.39 is 0 Å². The average Bonchev–Trinajstić information content (AvgIpc) is 2.90. The first-order valence-electron chi connectivity index (χ1n) is 6.77. The van der Waals surface area contributed by atoms with Gasteiger partial charge in [-0.25, -0.2) is 0 Å². The standard InChI is InChI=1S/C16H19NO3S/c1-11-7-12(2)9-14(8-11)19-10-13-3-4-15(20-13)16(18)17-5-6-21/h3-4,7-9,21H,5-6,10H2,1-2H3,(H,17,18). The maximum Gasteiger partial charge on any atom is 0.287 e. The minimum Gasteiger partial charge on any atom is -0.486 e. The van der Waals surface area contributed by atoms with Gasteiger partial charge in [0.05, 0.1) is 0 Å². The van der Waals surface area contributed by atoms with Crippen molar-refractivity contribution in [1.29, 1.82) is 0 Å². The van der Waals surface area contributed by atoms with Gasteiger partial charge in [-0.2, -0.15) is 12.6 Å². The molecule has 2 aromatic rings. The average molecular weight is 305 g/mol. The van der Waals surface area contributed by atoms with Gasteiger partial charge in [-0.05, 0) is 49.2 Å². The van der Waals surface area contributed by atoms with E-state index in [4.69, 9.17) is 9.15 Å². The summed E-state index contributed by atoms with van der Waals surface area (Å²) >= 11 is 4.04. The highest BCUT2D eigenvalue weighted by Gasteiger charge is 2.10. The molecule has 0 radical (unpaired) electrons. The lowest BCUT2D eigenvalue weighted by atomic mass is 10.1. The zero-order chi connectivity index (χ0) is 15.2. The minimum absolute atomic E-state index is 0.235. The maximum absolute atomic E-state index is 11.7. The topological polar surface area (TPSA) is 51.5 Å². The molecule has 4 nitrogen and oxygen atoms in total. The normalized spacial score (nSPS) is 10.4. The first-order valence-corrected chi connectivity index (χ1v) is 7.40. The van der Waals surface area contributed by atoms with Crippen molar-refractivity contribution in [3.05, 3.63) is 53.0 Å². The van der Waals surface area contributed by atoms with Gasteiger partial charge >= 0.3 is 0 Å². The molecule has 0 aliphatic rings. The van der Waals surface area contributed by atoms with Crippen LogP contribution in [0.5, 0.6) is 5.75 Å². The Bertz CT molecular complexity index is 601. The van der Waals surface area contributed by atoms with Gasteiger partial charge in [0.1, 0.15) is 18.1 Å². The Morgan fingerprint density at radius 1 is 1.24 bits per heavy atom. The Labute approximate surface area is 129 Å². The van der Waals surface area contributed by atoms with Gasteiger partial charge in [0.15, 0.2) is 5.76 Å². The van der Waals surface area contributed by atoms with Crippen LogP contribution < -0.4 is 10.1 Å². The monoisotopic (exact) mass is 305 g/mol. The lowest BCUT2D eigenvalue weighted by Gasteiger charge is -2.06. The number of carbonyl (C=O) groups excluding carboxylic acids is 1. The molecule has 5 heteroatoms. The van der Waals surface area contributed by atoms with Gasteiger partial charge in [-0.1, -0.05) is 6.07 Å². The summed E-state index contributed by atoms with van der Waals surface area (Å²) in [6, 6.07) is 9.42. The van der Waals surface area contributed by atoms with Crippen LogP contribution in [0.15, 0.2) is 34.7 Å². The van der Waals surface area contributed by atoms with Crippen molar-refractivity contribution in [2.45, 2.75) is 20.5 Å². The van der Waals surface area contributed by atoms with Gasteiger partial charge < -0.3 is 14.5 Å². The van der Waals surface area contributed by atoms with Gasteiger partial charge in [-0.15, -0.1) is 0 Å². The van der Waals surface area contributed by atoms with Gasteiger partial charge in [-0.3, -0.25) is 4.79 Å². The van der Waals surface area contributed by atoms with Crippen LogP contribution in [0.3, 0.4) is 0 Å². The number of aryl methyl sites for hydroxylation is 2. The predicted molar refractivity (Wildman–Crippen MR) is 85.1 cm³/mol. The summed E-state index contributed by atoms with van der Waals surface area (Å²) in [6.07, 6.45) is 0. The van der Waals surface area contributed by atoms with Crippen LogP contribution in [0, 0.1) is 13.8 Å². The fourth-order valence-electron chi connectivity index (χ4n) is 2.00. The molecular weight excluding hydrogens is 286 g/mol. The van der Waals surface area contributed by atoms with E-state index in [1.54, 1.807) is 12.1 Å². The highest BCUT2D eigenvalue weighted by atomic mass is 32.1. The smallest absolute Gasteiger partial charge is 0.287 e. The van der Waals surface area contributed by atoms with E-state index in [0.29, 0.717) is 24.7 Å². The minimum atomic E-state index is -0.235. The Morgan fingerprint density at radius 3 is 2.62 bits per heavy atom. The van der Waals surface area contributed by atoms with Crippen molar-refractivity contribution in [2.75, 3.05) is 12.3 Å². The molecule has 21 heavy (non-hydrogen) atoms. The second-order valence-corrected chi connectivity index (χ2v) is 5.30. The van der Waals surface area contributed by atoms with E-state index in [-0.39, 0.29) is 11.7 Å². The highest BCUT2D eigenvalue weighted by Crippen LogP contribution is 2.18. The number of hydrogen-bond donors (Lipinski definition) is 2. The SMILES string of the molecule is Cc1cc(C)cc(OCc2ccc(C(=O)NCCS)o2)c1. The molecule has 0 atom stereocenters. The third-order valence-corrected chi connectivity index (χ3v) is 3.08. The summed E-state index contributed by atoms with van der Waals surface area (Å²) in [5.74, 6) is 2.06. The molecule has 0 aliphatic carbocycles. The van der Waals surface area contributed by atoms with Crippen molar-refractivity contribution in [3.8, 4) is 5.75 Å². The lowest BCUT2D eigenvalue weighted by Crippen LogP contribution is -2.24. The van der Waals surface area contributed by atoms with Crippen LogP contribution in [0.25, 0.3) is 0 Å². The van der Waals surface area contributed by atoms with E-state index in [9.17, 15) is 4.79 Å². The van der Waals surface area contributed by atoms with Crippen LogP contribution in [-0.2, 0) is 6.61 Å². The third-order valence-electron chi connectivity index (χ3n) is 2.86. The maximum atomic E-state index is 11.7. The predicted octanol–water partition coefficient (Wildman–Crippen LogP) is 3.14. The molecular formula is C16H19NO3S. The number of benzene rings is 1. The van der Waals surface area contributed by atoms with Crippen molar-refractivity contribution in [1.82, 2.24) is 5.32 Å². The molecule has 0 spiro atoms. The van der Waals surface area contributed by atoms with E-state index in [1.807, 2.05) is 26.0 Å². The van der Waals surface area contributed by atoms with Crippen LogP contribution in [-0.4, -0.2) is 18.2 Å². The van der Waals surface area contributed by atoms with Gasteiger partial charge in [0.2, 0.25) is 0 Å². The quantitative estimate of drug-likeness (QED) is 0.806. The Morgan fingerprint density at radius 2 is 1.95 bits per heavy atom. The number of hydrogen-bond acceptors (Lipinski definition) is 4. The number of amides is 1. The molecule has 112 valence electrons. The second-order valence-electron chi connectivity index (χ2n) is 4.86. The number of nitrogens with one attached hydrogen (secondary N) is 1. The summed E-state index contributed by atoms with van der Waals surface area (Å²) in [6.45, 7) is 4.85. The van der Waals surface area contributed by atoms with Crippen molar-refractivity contribution in [3.63, 3.8) is 0 Å². The summed E-state index contributed by atoms with van der Waals surface area (Å²) in [5, 5.41) is 2.70. The molecule has 0 fully saturated rings. The summed E-state index contributed by atoms with van der Waals surface area (Å²) in [7, 11) is 0. The molecule has 0 aliphatic heterocycles. The summed E-state index contributed by atoms with van der Waals surface area (Å²) in [4.78, 5) is 11.7. The molecule has 1 aromatic heterocycles. The lowest BCUT2D eigenvalue weighted by molar-refractivity contribution is 0.0924. The fourth-order valence-corrected chi connectivity index (χ4v) is 2.12. The van der Waals surface area contributed by atoms with Gasteiger partial charge in [0, 0.05) is 12.3 Å². The molecule has 1 N–H and O–H groups in total. The molecule has 1 amide bonds. The number of carbonyl (C=O) groups is 1. The fraction of sp³-hybridized carbons (Fsp3) is 0.312. The highest BCUT2D eigenvalue weighted by molar-refractivity contribution is 7.80. The number of thiol groups is 1. The van der Waals surface area contributed by atoms with Crippen LogP contribution in [0.2, 0.25) is 0 Å². The van der Waals surface area contributed by atoms with E-state index >= 15 is 0 Å². The Kier molecular flexibility index (Phi) is 5.33. The van der Waals surface area contributed by atoms with Crippen LogP contribution in [0.4, 0.5) is 0 Å². The van der Waals surface area contributed by atoms with Crippen molar-refractivity contribution in [2.24, 2.45) is 0 Å². The van der Waals surface area contributed by atoms with Gasteiger partial charge in [0.25, 0.3) is 5.91 Å². The first-order chi connectivity index (χ1) is 10.1. The number of ether oxygens (including phenoxy) is 1. The zero-order valence-corrected chi connectivity index (χ0v) is 13.1. The molecule has 1 heterocycles. The Balaban J connectivity index is 1.95. The van der Waals surface area contributed by atoms with Crippen molar-refractivity contribution >= 4 is 18.5 Å². The molecule has 0 saturated carbocycles. The van der Waals surface area contributed by atoms with Crippen LogP contribution in [0.1, 0.15) is 27.4 Å². The largest absolute Gasteiger partial charge is 0.486 e. The van der Waals surface area contributed by atoms with E-state index in [1.165, 1.54) is 0 Å². The van der Waals surface area contributed by atoms with E-state index in [2.05, 4.69) is 24.0 Å². The summed E-state index contributed by atoms with van der Waals surface area (Å²) < 4.78 is 11.2. The summed E-state index contributed by atoms with van der Waals surface area (Å²) in [5.41, 5.74) is 2.30. The zero-order valence-electron chi connectivity index (χ0n) is 12.2. The number of furan rings is 1. The van der Waals surface area contributed by atoms with Crippen LogP contribution >= 0.6 is 12.6 Å². The molecule has 1 aromatic carbocycles. The molecule has 2 rings (SSSR count). The Hall–Kier alpha value is -1.88. The third kappa shape index (κ3) is 4.56. The molecule has 0 saturated heterocycles. The number of rotatable bonds is 6. The molecule has 0 bridgehead atoms. The van der Waals surface area contributed by atoms with Crippen molar-refractivity contribution < 1.29 is 13.9 Å².